The van der Waals surface area contributed by atoms with E-state index in [2.05, 4.69) is 9.55 Å². The molecular weight excluding hydrogens is 234 g/mol. The quantitative estimate of drug-likeness (QED) is 0.909. The molecule has 4 heteroatoms. The third kappa shape index (κ3) is 2.51. The monoisotopic (exact) mass is 249 g/mol. The van der Waals surface area contributed by atoms with Crippen LogP contribution in [-0.2, 0) is 0 Å². The molecule has 3 nitrogen and oxygen atoms in total. The third-order valence-electron chi connectivity index (χ3n) is 2.87. The highest BCUT2D eigenvalue weighted by atomic mass is 35.5. The van der Waals surface area contributed by atoms with Crippen LogP contribution in [0, 0.1) is 6.92 Å². The number of hydrogen-bond acceptors (Lipinski definition) is 2. The van der Waals surface area contributed by atoms with Crippen LogP contribution in [0.5, 0.6) is 0 Å². The molecule has 0 bridgehead atoms. The Morgan fingerprint density at radius 1 is 1.29 bits per heavy atom. The van der Waals surface area contributed by atoms with Gasteiger partial charge in [-0.15, -0.1) is 0 Å². The molecule has 2 unspecified atom stereocenters. The minimum atomic E-state index is 0.00377. The summed E-state index contributed by atoms with van der Waals surface area (Å²) in [5, 5.41) is 0.736. The number of nitrogens with zero attached hydrogens (tertiary/aromatic N) is 2. The summed E-state index contributed by atoms with van der Waals surface area (Å²) in [5.74, 6) is 0.960. The van der Waals surface area contributed by atoms with E-state index in [1.807, 2.05) is 44.3 Å². The standard InChI is InChI=1S/C13H16ClN3/c1-9(15)13(17-8-7-16-10(17)2)11-3-5-12(14)6-4-11/h3-9,13H,15H2,1-2H3. The van der Waals surface area contributed by atoms with Crippen LogP contribution < -0.4 is 5.73 Å². The van der Waals surface area contributed by atoms with Crippen LogP contribution in [-0.4, -0.2) is 15.6 Å². The van der Waals surface area contributed by atoms with Gasteiger partial charge in [0, 0.05) is 23.5 Å². The smallest absolute Gasteiger partial charge is 0.106 e. The van der Waals surface area contributed by atoms with E-state index in [0.29, 0.717) is 0 Å². The Balaban J connectivity index is 2.43. The highest BCUT2D eigenvalue weighted by molar-refractivity contribution is 6.30. The summed E-state index contributed by atoms with van der Waals surface area (Å²) in [6.45, 7) is 3.98. The summed E-state index contributed by atoms with van der Waals surface area (Å²) in [6.07, 6.45) is 3.75. The van der Waals surface area contributed by atoms with Crippen LogP contribution in [0.2, 0.25) is 5.02 Å². The number of nitrogens with two attached hydrogens (primary N) is 1. The normalized spacial score (nSPS) is 14.6. The van der Waals surface area contributed by atoms with Crippen molar-refractivity contribution in [3.05, 3.63) is 53.1 Å². The lowest BCUT2D eigenvalue weighted by Crippen LogP contribution is -2.30. The molecule has 0 radical (unpaired) electrons. The molecule has 0 amide bonds. The zero-order valence-electron chi connectivity index (χ0n) is 9.97. The number of aryl methyl sites for hydroxylation is 1. The minimum Gasteiger partial charge on any atom is -0.326 e. The lowest BCUT2D eigenvalue weighted by molar-refractivity contribution is 0.486. The largest absolute Gasteiger partial charge is 0.326 e. The van der Waals surface area contributed by atoms with Crippen molar-refractivity contribution in [2.24, 2.45) is 5.73 Å². The molecule has 0 saturated heterocycles. The fraction of sp³-hybridized carbons (Fsp3) is 0.308. The summed E-state index contributed by atoms with van der Waals surface area (Å²) in [5.41, 5.74) is 7.23. The summed E-state index contributed by atoms with van der Waals surface area (Å²) in [4.78, 5) is 4.24. The molecule has 1 heterocycles. The van der Waals surface area contributed by atoms with Gasteiger partial charge in [0.15, 0.2) is 0 Å². The zero-order chi connectivity index (χ0) is 12.4. The van der Waals surface area contributed by atoms with Crippen molar-refractivity contribution in [2.75, 3.05) is 0 Å². The Labute approximate surface area is 106 Å². The van der Waals surface area contributed by atoms with Gasteiger partial charge in [-0.05, 0) is 31.5 Å². The van der Waals surface area contributed by atoms with E-state index < -0.39 is 0 Å². The average Bonchev–Trinajstić information content (AvgIpc) is 2.68. The Morgan fingerprint density at radius 3 is 2.41 bits per heavy atom. The first-order valence-electron chi connectivity index (χ1n) is 5.60. The van der Waals surface area contributed by atoms with Crippen molar-refractivity contribution < 1.29 is 0 Å². The minimum absolute atomic E-state index is 0.00377. The molecule has 2 rings (SSSR count). The molecule has 2 aromatic rings. The van der Waals surface area contributed by atoms with Gasteiger partial charge in [0.25, 0.3) is 0 Å². The molecule has 0 spiro atoms. The molecule has 2 atom stereocenters. The fourth-order valence-electron chi connectivity index (χ4n) is 2.06. The van der Waals surface area contributed by atoms with Crippen molar-refractivity contribution in [2.45, 2.75) is 25.9 Å². The Kier molecular flexibility index (Phi) is 3.50. The van der Waals surface area contributed by atoms with E-state index in [0.717, 1.165) is 16.4 Å². The van der Waals surface area contributed by atoms with Crippen molar-refractivity contribution >= 4 is 11.6 Å². The van der Waals surface area contributed by atoms with Crippen molar-refractivity contribution in [3.8, 4) is 0 Å². The number of aromatic nitrogens is 2. The van der Waals surface area contributed by atoms with Crippen LogP contribution in [0.4, 0.5) is 0 Å². The Bertz CT molecular complexity index is 488. The molecular formula is C13H16ClN3. The number of benzene rings is 1. The van der Waals surface area contributed by atoms with Gasteiger partial charge in [0.2, 0.25) is 0 Å². The van der Waals surface area contributed by atoms with E-state index in [1.165, 1.54) is 0 Å². The first-order valence-corrected chi connectivity index (χ1v) is 5.98. The second kappa shape index (κ2) is 4.90. The average molecular weight is 250 g/mol. The topological polar surface area (TPSA) is 43.8 Å². The summed E-state index contributed by atoms with van der Waals surface area (Å²) >= 11 is 5.90. The maximum Gasteiger partial charge on any atom is 0.106 e. The van der Waals surface area contributed by atoms with Gasteiger partial charge >= 0.3 is 0 Å². The molecule has 0 aliphatic heterocycles. The van der Waals surface area contributed by atoms with Gasteiger partial charge in [0.05, 0.1) is 6.04 Å². The van der Waals surface area contributed by atoms with Crippen LogP contribution >= 0.6 is 11.6 Å². The first kappa shape index (κ1) is 12.1. The van der Waals surface area contributed by atoms with E-state index >= 15 is 0 Å². The van der Waals surface area contributed by atoms with Gasteiger partial charge in [-0.2, -0.15) is 0 Å². The molecule has 90 valence electrons. The van der Waals surface area contributed by atoms with Crippen molar-refractivity contribution in [1.82, 2.24) is 9.55 Å². The molecule has 0 aliphatic carbocycles. The van der Waals surface area contributed by atoms with Gasteiger partial charge in [-0.25, -0.2) is 4.98 Å². The van der Waals surface area contributed by atoms with Crippen molar-refractivity contribution in [3.63, 3.8) is 0 Å². The van der Waals surface area contributed by atoms with Crippen molar-refractivity contribution in [1.29, 1.82) is 0 Å². The van der Waals surface area contributed by atoms with E-state index in [9.17, 15) is 0 Å². The predicted molar refractivity (Wildman–Crippen MR) is 70.2 cm³/mol. The lowest BCUT2D eigenvalue weighted by atomic mass is 10.0. The lowest BCUT2D eigenvalue weighted by Gasteiger charge is -2.24. The number of halogens is 1. The SMILES string of the molecule is Cc1nccn1C(c1ccc(Cl)cc1)C(C)N. The molecule has 0 saturated carbocycles. The summed E-state index contributed by atoms with van der Waals surface area (Å²) < 4.78 is 2.09. The second-order valence-electron chi connectivity index (χ2n) is 4.24. The maximum absolute atomic E-state index is 6.09. The van der Waals surface area contributed by atoms with Crippen LogP contribution in [0.25, 0.3) is 0 Å². The first-order chi connectivity index (χ1) is 8.09. The summed E-state index contributed by atoms with van der Waals surface area (Å²) in [7, 11) is 0. The number of rotatable bonds is 3. The zero-order valence-corrected chi connectivity index (χ0v) is 10.7. The molecule has 17 heavy (non-hydrogen) atoms. The van der Waals surface area contributed by atoms with E-state index in [4.69, 9.17) is 17.3 Å². The Hall–Kier alpha value is -1.32. The van der Waals surface area contributed by atoms with E-state index in [-0.39, 0.29) is 12.1 Å². The second-order valence-corrected chi connectivity index (χ2v) is 4.67. The number of hydrogen-bond donors (Lipinski definition) is 1. The van der Waals surface area contributed by atoms with Gasteiger partial charge in [0.1, 0.15) is 5.82 Å². The molecule has 2 N–H and O–H groups in total. The Morgan fingerprint density at radius 2 is 1.94 bits per heavy atom. The number of imidazole rings is 1. The highest BCUT2D eigenvalue weighted by Gasteiger charge is 2.19. The highest BCUT2D eigenvalue weighted by Crippen LogP contribution is 2.23. The van der Waals surface area contributed by atoms with Crippen LogP contribution in [0.1, 0.15) is 24.4 Å². The molecule has 0 aliphatic rings. The van der Waals surface area contributed by atoms with Gasteiger partial charge < -0.3 is 10.3 Å². The molecule has 1 aromatic heterocycles. The van der Waals surface area contributed by atoms with Gasteiger partial charge in [-0.3, -0.25) is 0 Å². The van der Waals surface area contributed by atoms with Gasteiger partial charge in [-0.1, -0.05) is 23.7 Å². The predicted octanol–water partition coefficient (Wildman–Crippen LogP) is 2.78. The molecule has 0 fully saturated rings. The van der Waals surface area contributed by atoms with E-state index in [1.54, 1.807) is 6.20 Å². The summed E-state index contributed by atoms with van der Waals surface area (Å²) in [6, 6.07) is 7.89. The maximum atomic E-state index is 6.09. The third-order valence-corrected chi connectivity index (χ3v) is 3.12. The van der Waals surface area contributed by atoms with Crippen LogP contribution in [0.3, 0.4) is 0 Å². The molecule has 1 aromatic carbocycles. The fourth-order valence-corrected chi connectivity index (χ4v) is 2.19. The van der Waals surface area contributed by atoms with Crippen LogP contribution in [0.15, 0.2) is 36.7 Å².